The highest BCUT2D eigenvalue weighted by molar-refractivity contribution is 14.1. The molecule has 0 spiro atoms. The Balaban J connectivity index is 2.33. The number of rotatable bonds is 2. The van der Waals surface area contributed by atoms with E-state index < -0.39 is 0 Å². The molecule has 2 heterocycles. The van der Waals surface area contributed by atoms with Gasteiger partial charge in [-0.15, -0.1) is 0 Å². The fraction of sp³-hybridized carbons (Fsp3) is 0.125. The van der Waals surface area contributed by atoms with Gasteiger partial charge in [-0.1, -0.05) is 0 Å². The van der Waals surface area contributed by atoms with Crippen LogP contribution in [0.5, 0.6) is 0 Å². The van der Waals surface area contributed by atoms with Crippen LogP contribution in [0.3, 0.4) is 0 Å². The summed E-state index contributed by atoms with van der Waals surface area (Å²) in [4.78, 5) is 8.12. The van der Waals surface area contributed by atoms with Crippen molar-refractivity contribution >= 4 is 22.6 Å². The second-order valence-electron chi connectivity index (χ2n) is 2.65. The smallest absolute Gasteiger partial charge is 0.250 e. The SMILES string of the molecule is OCc1cnc(-n2cc(I)cn2)nc1. The first kappa shape index (κ1) is 9.53. The number of nitrogens with zero attached hydrogens (tertiary/aromatic N) is 4. The van der Waals surface area contributed by atoms with Gasteiger partial charge in [-0.25, -0.2) is 14.6 Å². The molecule has 0 aliphatic carbocycles. The number of aromatic nitrogens is 4. The first-order valence-electron chi connectivity index (χ1n) is 3.92. The molecule has 6 heteroatoms. The summed E-state index contributed by atoms with van der Waals surface area (Å²) in [6, 6.07) is 0. The summed E-state index contributed by atoms with van der Waals surface area (Å²) >= 11 is 2.16. The zero-order chi connectivity index (χ0) is 9.97. The molecule has 0 saturated carbocycles. The number of halogens is 1. The molecule has 0 radical (unpaired) electrons. The average Bonchev–Trinajstić information content (AvgIpc) is 2.65. The lowest BCUT2D eigenvalue weighted by Gasteiger charge is -1.98. The van der Waals surface area contributed by atoms with Gasteiger partial charge in [0, 0.05) is 24.2 Å². The Hall–Kier alpha value is -1.02. The predicted octanol–water partition coefficient (Wildman–Crippen LogP) is 0.759. The maximum absolute atomic E-state index is 8.80. The first-order chi connectivity index (χ1) is 6.79. The van der Waals surface area contributed by atoms with E-state index in [1.165, 1.54) is 0 Å². The summed E-state index contributed by atoms with van der Waals surface area (Å²) in [7, 11) is 0. The number of hydrogen-bond acceptors (Lipinski definition) is 4. The Morgan fingerprint density at radius 3 is 2.50 bits per heavy atom. The van der Waals surface area contributed by atoms with Crippen LogP contribution < -0.4 is 0 Å². The van der Waals surface area contributed by atoms with E-state index in [0.29, 0.717) is 11.5 Å². The average molecular weight is 302 g/mol. The standard InChI is InChI=1S/C8H7IN4O/c9-7-3-12-13(4-7)8-10-1-6(5-14)2-11-8/h1-4,14H,5H2. The number of aliphatic hydroxyl groups excluding tert-OH is 1. The molecule has 14 heavy (non-hydrogen) atoms. The number of hydrogen-bond donors (Lipinski definition) is 1. The van der Waals surface area contributed by atoms with Gasteiger partial charge in [0.05, 0.1) is 16.4 Å². The molecule has 2 aromatic rings. The first-order valence-corrected chi connectivity index (χ1v) is 5.00. The van der Waals surface area contributed by atoms with E-state index in [1.807, 2.05) is 6.20 Å². The zero-order valence-electron chi connectivity index (χ0n) is 7.13. The van der Waals surface area contributed by atoms with Gasteiger partial charge in [0.2, 0.25) is 5.95 Å². The van der Waals surface area contributed by atoms with E-state index >= 15 is 0 Å². The van der Waals surface area contributed by atoms with E-state index in [9.17, 15) is 0 Å². The third kappa shape index (κ3) is 1.90. The van der Waals surface area contributed by atoms with Gasteiger partial charge in [-0.3, -0.25) is 0 Å². The lowest BCUT2D eigenvalue weighted by Crippen LogP contribution is -2.01. The highest BCUT2D eigenvalue weighted by Gasteiger charge is 2.01. The molecule has 1 N–H and O–H groups in total. The molecule has 72 valence electrons. The fourth-order valence-electron chi connectivity index (χ4n) is 0.958. The summed E-state index contributed by atoms with van der Waals surface area (Å²) in [5.41, 5.74) is 0.690. The predicted molar refractivity (Wildman–Crippen MR) is 57.8 cm³/mol. The Morgan fingerprint density at radius 2 is 2.00 bits per heavy atom. The number of aliphatic hydroxyl groups is 1. The summed E-state index contributed by atoms with van der Waals surface area (Å²) in [6.45, 7) is -0.0447. The van der Waals surface area contributed by atoms with Gasteiger partial charge in [0.25, 0.3) is 0 Å². The summed E-state index contributed by atoms with van der Waals surface area (Å²) < 4.78 is 2.61. The molecule has 0 bridgehead atoms. The lowest BCUT2D eigenvalue weighted by atomic mass is 10.4. The van der Waals surface area contributed by atoms with Crippen LogP contribution in [0.15, 0.2) is 24.8 Å². The highest BCUT2D eigenvalue weighted by atomic mass is 127. The second-order valence-corrected chi connectivity index (χ2v) is 3.90. The zero-order valence-corrected chi connectivity index (χ0v) is 9.29. The van der Waals surface area contributed by atoms with Crippen molar-refractivity contribution in [1.29, 1.82) is 0 Å². The molecule has 0 amide bonds. The lowest BCUT2D eigenvalue weighted by molar-refractivity contribution is 0.281. The minimum absolute atomic E-state index is 0.0447. The summed E-state index contributed by atoms with van der Waals surface area (Å²) in [5, 5.41) is 12.9. The Morgan fingerprint density at radius 1 is 1.29 bits per heavy atom. The Kier molecular flexibility index (Phi) is 2.73. The molecular formula is C8H7IN4O. The van der Waals surface area contributed by atoms with Crippen LogP contribution in [-0.2, 0) is 6.61 Å². The van der Waals surface area contributed by atoms with E-state index in [4.69, 9.17) is 5.11 Å². The monoisotopic (exact) mass is 302 g/mol. The van der Waals surface area contributed by atoms with Gasteiger partial charge in [0.15, 0.2) is 0 Å². The molecule has 0 aromatic carbocycles. The van der Waals surface area contributed by atoms with Gasteiger partial charge >= 0.3 is 0 Å². The van der Waals surface area contributed by atoms with Gasteiger partial charge in [-0.2, -0.15) is 5.10 Å². The van der Waals surface area contributed by atoms with Crippen molar-refractivity contribution in [3.63, 3.8) is 0 Å². The normalized spacial score (nSPS) is 10.4. The van der Waals surface area contributed by atoms with Crippen LogP contribution >= 0.6 is 22.6 Å². The minimum atomic E-state index is -0.0447. The molecule has 0 atom stereocenters. The fourth-order valence-corrected chi connectivity index (χ4v) is 1.35. The minimum Gasteiger partial charge on any atom is -0.392 e. The van der Waals surface area contributed by atoms with Crippen molar-refractivity contribution in [2.45, 2.75) is 6.61 Å². The second kappa shape index (κ2) is 4.01. The van der Waals surface area contributed by atoms with Gasteiger partial charge in [0.1, 0.15) is 0 Å². The molecule has 0 aliphatic heterocycles. The largest absolute Gasteiger partial charge is 0.392 e. The third-order valence-electron chi connectivity index (χ3n) is 1.63. The van der Waals surface area contributed by atoms with Gasteiger partial charge in [-0.05, 0) is 22.6 Å². The third-order valence-corrected chi connectivity index (χ3v) is 2.19. The van der Waals surface area contributed by atoms with Crippen molar-refractivity contribution in [1.82, 2.24) is 19.7 Å². The van der Waals surface area contributed by atoms with Crippen LogP contribution in [-0.4, -0.2) is 24.9 Å². The maximum Gasteiger partial charge on any atom is 0.250 e. The van der Waals surface area contributed by atoms with Crippen molar-refractivity contribution < 1.29 is 5.11 Å². The van der Waals surface area contributed by atoms with Crippen molar-refractivity contribution in [2.75, 3.05) is 0 Å². The molecule has 0 fully saturated rings. The molecule has 2 rings (SSSR count). The van der Waals surface area contributed by atoms with Crippen LogP contribution in [0.4, 0.5) is 0 Å². The molecule has 0 saturated heterocycles. The maximum atomic E-state index is 8.80. The van der Waals surface area contributed by atoms with Crippen LogP contribution in [0.2, 0.25) is 0 Å². The van der Waals surface area contributed by atoms with Crippen molar-refractivity contribution in [3.8, 4) is 5.95 Å². The Labute approximate surface area is 94.0 Å². The van der Waals surface area contributed by atoms with E-state index in [0.717, 1.165) is 3.57 Å². The molecular weight excluding hydrogens is 295 g/mol. The molecule has 5 nitrogen and oxygen atoms in total. The van der Waals surface area contributed by atoms with Gasteiger partial charge < -0.3 is 5.11 Å². The van der Waals surface area contributed by atoms with Crippen LogP contribution in [0.1, 0.15) is 5.56 Å². The van der Waals surface area contributed by atoms with E-state index in [1.54, 1.807) is 23.3 Å². The molecule has 0 aliphatic rings. The Bertz CT molecular complexity index is 425. The van der Waals surface area contributed by atoms with Crippen molar-refractivity contribution in [2.24, 2.45) is 0 Å². The molecule has 2 aromatic heterocycles. The van der Waals surface area contributed by atoms with Crippen molar-refractivity contribution in [3.05, 3.63) is 33.9 Å². The van der Waals surface area contributed by atoms with E-state index in [2.05, 4.69) is 37.7 Å². The molecule has 0 unspecified atom stereocenters. The summed E-state index contributed by atoms with van der Waals surface area (Å²) in [5.74, 6) is 0.505. The topological polar surface area (TPSA) is 63.8 Å². The summed E-state index contributed by atoms with van der Waals surface area (Å²) in [6.07, 6.45) is 6.71. The highest BCUT2D eigenvalue weighted by Crippen LogP contribution is 2.05. The quantitative estimate of drug-likeness (QED) is 0.832. The van der Waals surface area contributed by atoms with Crippen LogP contribution in [0, 0.1) is 3.57 Å². The van der Waals surface area contributed by atoms with E-state index in [-0.39, 0.29) is 6.61 Å². The van der Waals surface area contributed by atoms with Crippen LogP contribution in [0.25, 0.3) is 5.95 Å².